The first-order chi connectivity index (χ1) is 9.81. The summed E-state index contributed by atoms with van der Waals surface area (Å²) in [5.74, 6) is 1.28. The first-order valence-electron chi connectivity index (χ1n) is 8.44. The largest absolute Gasteiger partial charge is 0.378 e. The van der Waals surface area contributed by atoms with Gasteiger partial charge in [-0.15, -0.1) is 0 Å². The number of rotatable bonds is 6. The summed E-state index contributed by atoms with van der Waals surface area (Å²) in [5, 5.41) is 3.66. The summed E-state index contributed by atoms with van der Waals surface area (Å²) in [5.41, 5.74) is 0. The summed E-state index contributed by atoms with van der Waals surface area (Å²) in [6.45, 7) is 3.95. The highest BCUT2D eigenvalue weighted by Gasteiger charge is 2.26. The Hall–Kier alpha value is -0.610. The predicted octanol–water partition coefficient (Wildman–Crippen LogP) is 1.94. The molecule has 1 amide bonds. The molecule has 0 bridgehead atoms. The Morgan fingerprint density at radius 1 is 1.15 bits per heavy atom. The van der Waals surface area contributed by atoms with E-state index in [0.29, 0.717) is 24.5 Å². The van der Waals surface area contributed by atoms with Crippen molar-refractivity contribution in [2.45, 2.75) is 63.5 Å². The molecule has 20 heavy (non-hydrogen) atoms. The van der Waals surface area contributed by atoms with E-state index in [9.17, 15) is 4.79 Å². The van der Waals surface area contributed by atoms with Crippen LogP contribution in [0.15, 0.2) is 0 Å². The van der Waals surface area contributed by atoms with E-state index in [4.69, 9.17) is 4.74 Å². The fourth-order valence-corrected chi connectivity index (χ4v) is 3.30. The third-order valence-electron chi connectivity index (χ3n) is 4.94. The van der Waals surface area contributed by atoms with Crippen molar-refractivity contribution in [3.8, 4) is 0 Å². The minimum Gasteiger partial charge on any atom is -0.378 e. The molecule has 3 rings (SSSR count). The van der Waals surface area contributed by atoms with Gasteiger partial charge in [0.1, 0.15) is 0 Å². The molecule has 1 atom stereocenters. The molecule has 1 N–H and O–H groups in total. The summed E-state index contributed by atoms with van der Waals surface area (Å²) in [6.07, 6.45) is 9.30. The normalized spacial score (nSPS) is 28.0. The van der Waals surface area contributed by atoms with Gasteiger partial charge < -0.3 is 15.0 Å². The number of nitrogens with one attached hydrogen (secondary N) is 1. The zero-order valence-corrected chi connectivity index (χ0v) is 12.5. The Balaban J connectivity index is 1.30. The lowest BCUT2D eigenvalue weighted by Crippen LogP contribution is -2.45. The van der Waals surface area contributed by atoms with Crippen molar-refractivity contribution in [1.82, 2.24) is 10.2 Å². The van der Waals surface area contributed by atoms with E-state index >= 15 is 0 Å². The molecular weight excluding hydrogens is 252 g/mol. The van der Waals surface area contributed by atoms with Gasteiger partial charge in [0.2, 0.25) is 5.91 Å². The van der Waals surface area contributed by atoms with E-state index in [1.807, 2.05) is 0 Å². The Morgan fingerprint density at radius 3 is 2.60 bits per heavy atom. The molecule has 0 aromatic heterocycles. The van der Waals surface area contributed by atoms with Crippen LogP contribution in [0.4, 0.5) is 0 Å². The second kappa shape index (κ2) is 6.90. The van der Waals surface area contributed by atoms with E-state index in [1.165, 1.54) is 19.4 Å². The van der Waals surface area contributed by atoms with Crippen molar-refractivity contribution < 1.29 is 9.53 Å². The molecule has 2 heterocycles. The number of piperidine rings is 1. The standard InChI is InChI=1S/C16H28N2O2/c19-16(6-5-15-2-1-11-20-15)18-9-7-14(8-10-18)17-12-13-3-4-13/h13-15,17H,1-12H2. The molecule has 114 valence electrons. The van der Waals surface area contributed by atoms with Crippen molar-refractivity contribution in [3.63, 3.8) is 0 Å². The number of ether oxygens (including phenoxy) is 1. The van der Waals surface area contributed by atoms with Gasteiger partial charge in [-0.25, -0.2) is 0 Å². The van der Waals surface area contributed by atoms with Crippen molar-refractivity contribution in [2.75, 3.05) is 26.2 Å². The van der Waals surface area contributed by atoms with Gasteiger partial charge in [-0.1, -0.05) is 0 Å². The minimum atomic E-state index is 0.334. The fourth-order valence-electron chi connectivity index (χ4n) is 3.30. The van der Waals surface area contributed by atoms with Gasteiger partial charge in [0.15, 0.2) is 0 Å². The Morgan fingerprint density at radius 2 is 1.95 bits per heavy atom. The number of hydrogen-bond donors (Lipinski definition) is 1. The van der Waals surface area contributed by atoms with Crippen LogP contribution in [0.25, 0.3) is 0 Å². The summed E-state index contributed by atoms with van der Waals surface area (Å²) in [6, 6.07) is 0.637. The molecule has 4 nitrogen and oxygen atoms in total. The van der Waals surface area contributed by atoms with Crippen LogP contribution in [0.3, 0.4) is 0 Å². The fraction of sp³-hybridized carbons (Fsp3) is 0.938. The molecule has 0 radical (unpaired) electrons. The molecule has 1 saturated carbocycles. The maximum atomic E-state index is 12.2. The van der Waals surface area contributed by atoms with E-state index in [2.05, 4.69) is 10.2 Å². The highest BCUT2D eigenvalue weighted by molar-refractivity contribution is 5.76. The van der Waals surface area contributed by atoms with Gasteiger partial charge in [-0.2, -0.15) is 0 Å². The molecule has 0 spiro atoms. The van der Waals surface area contributed by atoms with E-state index in [1.54, 1.807) is 0 Å². The molecule has 3 fully saturated rings. The molecule has 2 saturated heterocycles. The molecular formula is C16H28N2O2. The van der Waals surface area contributed by atoms with Crippen LogP contribution < -0.4 is 5.32 Å². The van der Waals surface area contributed by atoms with Crippen molar-refractivity contribution in [2.24, 2.45) is 5.92 Å². The average Bonchev–Trinajstić information content (AvgIpc) is 3.17. The van der Waals surface area contributed by atoms with Crippen LogP contribution in [-0.4, -0.2) is 49.2 Å². The lowest BCUT2D eigenvalue weighted by molar-refractivity contribution is -0.133. The zero-order valence-electron chi connectivity index (χ0n) is 12.5. The Kier molecular flexibility index (Phi) is 4.94. The summed E-state index contributed by atoms with van der Waals surface area (Å²) in [7, 11) is 0. The SMILES string of the molecule is O=C(CCC1CCCO1)N1CCC(NCC2CC2)CC1. The third kappa shape index (κ3) is 4.19. The van der Waals surface area contributed by atoms with Gasteiger partial charge in [-0.05, 0) is 57.4 Å². The maximum absolute atomic E-state index is 12.2. The second-order valence-electron chi connectivity index (χ2n) is 6.68. The quantitative estimate of drug-likeness (QED) is 0.808. The minimum absolute atomic E-state index is 0.334. The monoisotopic (exact) mass is 280 g/mol. The molecule has 2 aliphatic heterocycles. The van der Waals surface area contributed by atoms with Crippen LogP contribution in [0.2, 0.25) is 0 Å². The van der Waals surface area contributed by atoms with Crippen molar-refractivity contribution in [1.29, 1.82) is 0 Å². The lowest BCUT2D eigenvalue weighted by atomic mass is 10.0. The van der Waals surface area contributed by atoms with Crippen LogP contribution in [0, 0.1) is 5.92 Å². The van der Waals surface area contributed by atoms with Crippen LogP contribution >= 0.6 is 0 Å². The highest BCUT2D eigenvalue weighted by atomic mass is 16.5. The van der Waals surface area contributed by atoms with Crippen molar-refractivity contribution in [3.05, 3.63) is 0 Å². The number of hydrogen-bond acceptors (Lipinski definition) is 3. The van der Waals surface area contributed by atoms with Gasteiger partial charge >= 0.3 is 0 Å². The topological polar surface area (TPSA) is 41.6 Å². The molecule has 1 aliphatic carbocycles. The Labute approximate surface area is 122 Å². The first kappa shape index (κ1) is 14.3. The number of nitrogens with zero attached hydrogens (tertiary/aromatic N) is 1. The number of likely N-dealkylation sites (tertiary alicyclic amines) is 1. The van der Waals surface area contributed by atoms with Gasteiger partial charge in [-0.3, -0.25) is 4.79 Å². The van der Waals surface area contributed by atoms with E-state index < -0.39 is 0 Å². The van der Waals surface area contributed by atoms with E-state index in [0.717, 1.165) is 57.7 Å². The second-order valence-corrected chi connectivity index (χ2v) is 6.68. The molecule has 0 aromatic rings. The summed E-state index contributed by atoms with van der Waals surface area (Å²) >= 11 is 0. The van der Waals surface area contributed by atoms with Crippen LogP contribution in [-0.2, 0) is 9.53 Å². The smallest absolute Gasteiger partial charge is 0.222 e. The molecule has 1 unspecified atom stereocenters. The number of amides is 1. The van der Waals surface area contributed by atoms with E-state index in [-0.39, 0.29) is 0 Å². The number of carbonyl (C=O) groups excluding carboxylic acids is 1. The molecule has 3 aliphatic rings. The third-order valence-corrected chi connectivity index (χ3v) is 4.94. The molecule has 0 aromatic carbocycles. The van der Waals surface area contributed by atoms with Gasteiger partial charge in [0, 0.05) is 32.2 Å². The number of carbonyl (C=O) groups is 1. The Bertz CT molecular complexity index is 316. The first-order valence-corrected chi connectivity index (χ1v) is 8.44. The van der Waals surface area contributed by atoms with Crippen LogP contribution in [0.1, 0.15) is 51.4 Å². The van der Waals surface area contributed by atoms with Gasteiger partial charge in [0.05, 0.1) is 6.10 Å². The average molecular weight is 280 g/mol. The predicted molar refractivity (Wildman–Crippen MR) is 78.5 cm³/mol. The highest BCUT2D eigenvalue weighted by Crippen LogP contribution is 2.28. The zero-order chi connectivity index (χ0) is 13.8. The summed E-state index contributed by atoms with van der Waals surface area (Å²) < 4.78 is 5.59. The lowest BCUT2D eigenvalue weighted by Gasteiger charge is -2.32. The van der Waals surface area contributed by atoms with Gasteiger partial charge in [0.25, 0.3) is 0 Å². The van der Waals surface area contributed by atoms with Crippen LogP contribution in [0.5, 0.6) is 0 Å². The maximum Gasteiger partial charge on any atom is 0.222 e. The molecule has 4 heteroatoms. The van der Waals surface area contributed by atoms with Crippen molar-refractivity contribution >= 4 is 5.91 Å². The summed E-state index contributed by atoms with van der Waals surface area (Å²) in [4.78, 5) is 14.2.